The molecule has 0 bridgehead atoms. The summed E-state index contributed by atoms with van der Waals surface area (Å²) in [4.78, 5) is 21.4. The van der Waals surface area contributed by atoms with Crippen LogP contribution >= 0.6 is 7.82 Å². The molecule has 0 amide bonds. The van der Waals surface area contributed by atoms with Crippen LogP contribution in [0.4, 0.5) is 0 Å². The summed E-state index contributed by atoms with van der Waals surface area (Å²) in [5, 5.41) is 27.1. The Morgan fingerprint density at radius 1 is 0.824 bits per heavy atom. The highest BCUT2D eigenvalue weighted by molar-refractivity contribution is 7.47. The third-order valence-electron chi connectivity index (χ3n) is 5.21. The smallest absolute Gasteiger partial charge is 0.457 e. The maximum atomic E-state index is 11.9. The van der Waals surface area contributed by atoms with Crippen molar-refractivity contribution in [1.29, 1.82) is 0 Å². The van der Waals surface area contributed by atoms with Crippen LogP contribution in [0, 0.1) is 0 Å². The van der Waals surface area contributed by atoms with Gasteiger partial charge in [-0.2, -0.15) is 0 Å². The second-order valence-electron chi connectivity index (χ2n) is 8.53. The standard InChI is InChI=1S/C24H47O9P/c1-2-3-4-5-6-7-8-9-10-11-12-13-14-15-16-17-24(28)33-23(19-26)21-32-34(29,30)31-20-22(27)18-25/h9-10,22-23,25-27H,2-8,11-21H2,1H3,(H,29,30)/b10-9+/t22?,23-/m1/s1. The van der Waals surface area contributed by atoms with Gasteiger partial charge in [0.15, 0.2) is 0 Å². The molecular weight excluding hydrogens is 463 g/mol. The first-order chi connectivity index (χ1) is 16.3. The maximum Gasteiger partial charge on any atom is 0.472 e. The van der Waals surface area contributed by atoms with Crippen molar-refractivity contribution in [2.24, 2.45) is 0 Å². The molecule has 9 nitrogen and oxygen atoms in total. The number of hydrogen-bond donors (Lipinski definition) is 4. The predicted octanol–water partition coefficient (Wildman–Crippen LogP) is 4.41. The highest BCUT2D eigenvalue weighted by Gasteiger charge is 2.25. The van der Waals surface area contributed by atoms with Crippen LogP contribution < -0.4 is 0 Å². The van der Waals surface area contributed by atoms with Crippen molar-refractivity contribution < 1.29 is 43.4 Å². The third kappa shape index (κ3) is 21.7. The van der Waals surface area contributed by atoms with E-state index in [2.05, 4.69) is 28.1 Å². The van der Waals surface area contributed by atoms with E-state index in [-0.39, 0.29) is 6.42 Å². The van der Waals surface area contributed by atoms with Crippen LogP contribution in [-0.4, -0.2) is 64.8 Å². The number of aliphatic hydroxyl groups is 3. The molecule has 4 N–H and O–H groups in total. The SMILES string of the molecule is CCCCCCCC/C=C/CCCCCCCC(=O)O[C@H](CO)COP(=O)(O)OCC(O)CO. The molecule has 0 saturated carbocycles. The summed E-state index contributed by atoms with van der Waals surface area (Å²) in [5.74, 6) is -0.510. The molecule has 0 aliphatic carbocycles. The van der Waals surface area contributed by atoms with E-state index in [1.54, 1.807) is 0 Å². The highest BCUT2D eigenvalue weighted by atomic mass is 31.2. The molecule has 0 fully saturated rings. The Morgan fingerprint density at radius 3 is 1.91 bits per heavy atom. The molecule has 0 aliphatic heterocycles. The third-order valence-corrected chi connectivity index (χ3v) is 6.16. The number of rotatable bonds is 24. The van der Waals surface area contributed by atoms with E-state index in [0.29, 0.717) is 6.42 Å². The number of carbonyl (C=O) groups excluding carboxylic acids is 1. The fourth-order valence-corrected chi connectivity index (χ4v) is 3.95. The van der Waals surface area contributed by atoms with Crippen LogP contribution in [0.25, 0.3) is 0 Å². The molecule has 202 valence electrons. The second-order valence-corrected chi connectivity index (χ2v) is 9.98. The number of esters is 1. The minimum absolute atomic E-state index is 0.199. The van der Waals surface area contributed by atoms with Crippen LogP contribution in [-0.2, 0) is 23.1 Å². The Morgan fingerprint density at radius 2 is 1.35 bits per heavy atom. The first-order valence-corrected chi connectivity index (χ1v) is 14.2. The minimum atomic E-state index is -4.50. The van der Waals surface area contributed by atoms with Gasteiger partial charge in [0.25, 0.3) is 0 Å². The summed E-state index contributed by atoms with van der Waals surface area (Å²) < 4.78 is 25.9. The van der Waals surface area contributed by atoms with E-state index in [1.807, 2.05) is 0 Å². The van der Waals surface area contributed by atoms with Gasteiger partial charge in [-0.3, -0.25) is 13.8 Å². The highest BCUT2D eigenvalue weighted by Crippen LogP contribution is 2.43. The van der Waals surface area contributed by atoms with Crippen molar-refractivity contribution >= 4 is 13.8 Å². The zero-order valence-electron chi connectivity index (χ0n) is 20.8. The second kappa shape index (κ2) is 22.7. The van der Waals surface area contributed by atoms with Gasteiger partial charge in [-0.25, -0.2) is 4.57 Å². The number of aliphatic hydroxyl groups excluding tert-OH is 3. The number of ether oxygens (including phenoxy) is 1. The van der Waals surface area contributed by atoms with Crippen LogP contribution in [0.3, 0.4) is 0 Å². The zero-order chi connectivity index (χ0) is 25.5. The topological polar surface area (TPSA) is 143 Å². The van der Waals surface area contributed by atoms with Gasteiger partial charge in [0, 0.05) is 6.42 Å². The van der Waals surface area contributed by atoms with E-state index in [1.165, 1.54) is 44.9 Å². The van der Waals surface area contributed by atoms with Gasteiger partial charge in [0.1, 0.15) is 12.2 Å². The Labute approximate surface area is 205 Å². The molecular formula is C24H47O9P. The Bertz CT molecular complexity index is 557. The lowest BCUT2D eigenvalue weighted by atomic mass is 10.1. The van der Waals surface area contributed by atoms with Gasteiger partial charge >= 0.3 is 13.8 Å². The van der Waals surface area contributed by atoms with Crippen molar-refractivity contribution in [3.05, 3.63) is 12.2 Å². The number of phosphoric acid groups is 1. The number of phosphoric ester groups is 1. The first kappa shape index (κ1) is 33.2. The van der Waals surface area contributed by atoms with E-state index < -0.39 is 52.4 Å². The Balaban J connectivity index is 3.72. The molecule has 34 heavy (non-hydrogen) atoms. The number of carbonyl (C=O) groups is 1. The van der Waals surface area contributed by atoms with Crippen molar-refractivity contribution in [3.63, 3.8) is 0 Å². The van der Waals surface area contributed by atoms with Gasteiger partial charge in [-0.05, 0) is 32.1 Å². The molecule has 0 rings (SSSR count). The van der Waals surface area contributed by atoms with Gasteiger partial charge in [0.05, 0.1) is 26.4 Å². The molecule has 3 atom stereocenters. The normalized spacial score (nSPS) is 15.3. The van der Waals surface area contributed by atoms with Crippen molar-refractivity contribution in [2.45, 2.75) is 109 Å². The first-order valence-electron chi connectivity index (χ1n) is 12.7. The summed E-state index contributed by atoms with van der Waals surface area (Å²) in [6.07, 6.45) is 17.4. The van der Waals surface area contributed by atoms with Gasteiger partial charge in [-0.15, -0.1) is 0 Å². The molecule has 0 aromatic carbocycles. The van der Waals surface area contributed by atoms with Crippen molar-refractivity contribution in [1.82, 2.24) is 0 Å². The molecule has 0 aromatic rings. The molecule has 0 heterocycles. The van der Waals surface area contributed by atoms with E-state index in [0.717, 1.165) is 32.1 Å². The molecule has 0 aliphatic rings. The Hall–Kier alpha value is -0.800. The summed E-state index contributed by atoms with van der Waals surface area (Å²) in [7, 11) is -4.50. The van der Waals surface area contributed by atoms with E-state index in [4.69, 9.17) is 14.9 Å². The molecule has 0 spiro atoms. The molecule has 0 saturated heterocycles. The number of unbranched alkanes of at least 4 members (excludes halogenated alkanes) is 11. The quantitative estimate of drug-likeness (QED) is 0.0642. The monoisotopic (exact) mass is 510 g/mol. The van der Waals surface area contributed by atoms with Crippen LogP contribution in [0.5, 0.6) is 0 Å². The summed E-state index contributed by atoms with van der Waals surface area (Å²) in [6.45, 7) is -0.0936. The Kier molecular flexibility index (Phi) is 22.1. The lowest BCUT2D eigenvalue weighted by Crippen LogP contribution is -2.27. The van der Waals surface area contributed by atoms with Gasteiger partial charge in [-0.1, -0.05) is 70.4 Å². The van der Waals surface area contributed by atoms with Crippen LogP contribution in [0.2, 0.25) is 0 Å². The van der Waals surface area contributed by atoms with Crippen molar-refractivity contribution in [2.75, 3.05) is 26.4 Å². The van der Waals surface area contributed by atoms with Gasteiger partial charge < -0.3 is 24.9 Å². The largest absolute Gasteiger partial charge is 0.472 e. The maximum absolute atomic E-state index is 11.9. The predicted molar refractivity (Wildman–Crippen MR) is 131 cm³/mol. The molecule has 2 unspecified atom stereocenters. The average molecular weight is 511 g/mol. The van der Waals surface area contributed by atoms with Gasteiger partial charge in [0.2, 0.25) is 0 Å². The van der Waals surface area contributed by atoms with Crippen molar-refractivity contribution in [3.8, 4) is 0 Å². The zero-order valence-corrected chi connectivity index (χ0v) is 21.7. The minimum Gasteiger partial charge on any atom is -0.457 e. The fourth-order valence-electron chi connectivity index (χ4n) is 3.16. The van der Waals surface area contributed by atoms with Crippen LogP contribution in [0.15, 0.2) is 12.2 Å². The van der Waals surface area contributed by atoms with E-state index >= 15 is 0 Å². The van der Waals surface area contributed by atoms with E-state index in [9.17, 15) is 19.4 Å². The summed E-state index contributed by atoms with van der Waals surface area (Å²) in [6, 6.07) is 0. The molecule has 10 heteroatoms. The fraction of sp³-hybridized carbons (Fsp3) is 0.875. The number of hydrogen-bond acceptors (Lipinski definition) is 8. The summed E-state index contributed by atoms with van der Waals surface area (Å²) >= 11 is 0. The lowest BCUT2D eigenvalue weighted by Gasteiger charge is -2.18. The molecule has 0 aromatic heterocycles. The van der Waals surface area contributed by atoms with Crippen LogP contribution in [0.1, 0.15) is 96.8 Å². The molecule has 0 radical (unpaired) electrons. The number of allylic oxidation sites excluding steroid dienone is 2. The lowest BCUT2D eigenvalue weighted by molar-refractivity contribution is -0.153. The average Bonchev–Trinajstić information content (AvgIpc) is 2.82. The summed E-state index contributed by atoms with van der Waals surface area (Å²) in [5.41, 5.74) is 0.